The number of rotatable bonds is 7. The largest absolute Gasteiger partial charge is 0.465 e. The van der Waals surface area contributed by atoms with Gasteiger partial charge in [0.05, 0.1) is 0 Å². The summed E-state index contributed by atoms with van der Waals surface area (Å²) in [6.07, 6.45) is 4.47. The van der Waals surface area contributed by atoms with Crippen LogP contribution < -0.4 is 5.32 Å². The van der Waals surface area contributed by atoms with Crippen molar-refractivity contribution in [1.82, 2.24) is 19.5 Å². The monoisotopic (exact) mass is 424 g/mol. The molecule has 2 N–H and O–H groups in total. The number of likely N-dealkylation sites (N-methyl/N-ethyl adjacent to an activating group) is 1. The molecule has 1 aliphatic heterocycles. The van der Waals surface area contributed by atoms with E-state index in [1.54, 1.807) is 6.07 Å². The van der Waals surface area contributed by atoms with Gasteiger partial charge in [0.2, 0.25) is 15.9 Å². The zero-order valence-electron chi connectivity index (χ0n) is 16.7. The van der Waals surface area contributed by atoms with Crippen LogP contribution in [0.15, 0.2) is 29.4 Å². The van der Waals surface area contributed by atoms with Crippen LogP contribution in [-0.2, 0) is 14.8 Å². The van der Waals surface area contributed by atoms with Crippen molar-refractivity contribution in [3.63, 3.8) is 0 Å². The molecule has 2 aliphatic rings. The predicted molar refractivity (Wildman–Crippen MR) is 106 cm³/mol. The Balaban J connectivity index is 1.68. The highest BCUT2D eigenvalue weighted by atomic mass is 32.2. The quantitative estimate of drug-likeness (QED) is 0.682. The molecule has 2 heterocycles. The van der Waals surface area contributed by atoms with Crippen molar-refractivity contribution in [3.8, 4) is 0 Å². The molecule has 1 aromatic rings. The van der Waals surface area contributed by atoms with Gasteiger partial charge < -0.3 is 10.4 Å². The summed E-state index contributed by atoms with van der Waals surface area (Å²) in [5.74, 6) is -0.0904. The van der Waals surface area contributed by atoms with Gasteiger partial charge >= 0.3 is 6.09 Å². The minimum Gasteiger partial charge on any atom is -0.465 e. The lowest BCUT2D eigenvalue weighted by Crippen LogP contribution is -2.51. The molecule has 9 nitrogen and oxygen atoms in total. The Morgan fingerprint density at radius 2 is 2.14 bits per heavy atom. The third-order valence-corrected chi connectivity index (χ3v) is 7.87. The Bertz CT molecular complexity index is 847. The predicted octanol–water partition coefficient (Wildman–Crippen LogP) is 1.38. The molecular formula is C19H28N4O5S. The molecule has 1 aliphatic carbocycles. The summed E-state index contributed by atoms with van der Waals surface area (Å²) >= 11 is 0. The molecular weight excluding hydrogens is 396 g/mol. The van der Waals surface area contributed by atoms with Crippen LogP contribution in [0.3, 0.4) is 0 Å². The van der Waals surface area contributed by atoms with Crippen molar-refractivity contribution in [2.45, 2.75) is 49.6 Å². The molecule has 1 aromatic heterocycles. The number of amides is 2. The number of nitrogens with one attached hydrogen (secondary N) is 1. The molecule has 1 saturated carbocycles. The van der Waals surface area contributed by atoms with Crippen molar-refractivity contribution >= 4 is 22.0 Å². The number of sulfonamides is 1. The number of carboxylic acid groups (broad SMARTS) is 1. The van der Waals surface area contributed by atoms with Crippen LogP contribution in [0.2, 0.25) is 0 Å². The Labute approximate surface area is 171 Å². The van der Waals surface area contributed by atoms with E-state index in [0.29, 0.717) is 25.9 Å². The third-order valence-electron chi connectivity index (χ3n) is 6.06. The van der Waals surface area contributed by atoms with Gasteiger partial charge in [-0.1, -0.05) is 13.3 Å². The van der Waals surface area contributed by atoms with Gasteiger partial charge in [-0.25, -0.2) is 13.2 Å². The van der Waals surface area contributed by atoms with Crippen molar-refractivity contribution in [1.29, 1.82) is 0 Å². The number of nitrogens with zero attached hydrogens (tertiary/aromatic N) is 3. The number of aromatic nitrogens is 1. The van der Waals surface area contributed by atoms with E-state index < -0.39 is 22.2 Å². The van der Waals surface area contributed by atoms with Crippen LogP contribution in [0.5, 0.6) is 0 Å². The fraction of sp³-hybridized carbons (Fsp3) is 0.632. The molecule has 0 spiro atoms. The van der Waals surface area contributed by atoms with Gasteiger partial charge in [-0.15, -0.1) is 0 Å². The number of carbonyl (C=O) groups is 2. The van der Waals surface area contributed by atoms with Gasteiger partial charge in [0.15, 0.2) is 0 Å². The molecule has 2 amide bonds. The average molecular weight is 425 g/mol. The molecule has 10 heteroatoms. The molecule has 3 rings (SSSR count). The van der Waals surface area contributed by atoms with Crippen molar-refractivity contribution in [2.75, 3.05) is 20.1 Å². The second-order valence-corrected chi connectivity index (χ2v) is 9.76. The highest BCUT2D eigenvalue weighted by Crippen LogP contribution is 2.40. The number of hydrogen-bond acceptors (Lipinski definition) is 5. The van der Waals surface area contributed by atoms with Gasteiger partial charge in [0.25, 0.3) is 0 Å². The number of carbonyl (C=O) groups excluding carboxylic acids is 1. The SMILES string of the molecule is CCC[C@@H](C(=O)N[C@H]1CC[C@@H]2CN(S(=O)(=O)c3cccnc3)C[C@@H]21)N(C)C(=O)O. The summed E-state index contributed by atoms with van der Waals surface area (Å²) in [7, 11) is -2.21. The van der Waals surface area contributed by atoms with E-state index in [2.05, 4.69) is 10.3 Å². The van der Waals surface area contributed by atoms with E-state index >= 15 is 0 Å². The molecule has 29 heavy (non-hydrogen) atoms. The first-order chi connectivity index (χ1) is 13.8. The van der Waals surface area contributed by atoms with Crippen molar-refractivity contribution in [3.05, 3.63) is 24.5 Å². The summed E-state index contributed by atoms with van der Waals surface area (Å²) in [6, 6.07) is 2.24. The Kier molecular flexibility index (Phi) is 6.42. The van der Waals surface area contributed by atoms with Crippen LogP contribution >= 0.6 is 0 Å². The fourth-order valence-corrected chi connectivity index (χ4v) is 5.93. The fourth-order valence-electron chi connectivity index (χ4n) is 4.44. The third kappa shape index (κ3) is 4.37. The first-order valence-electron chi connectivity index (χ1n) is 9.92. The van der Waals surface area contributed by atoms with Crippen LogP contribution in [0.4, 0.5) is 4.79 Å². The van der Waals surface area contributed by atoms with Crippen LogP contribution in [-0.4, -0.2) is 71.9 Å². The number of hydrogen-bond donors (Lipinski definition) is 2. The van der Waals surface area contributed by atoms with Crippen molar-refractivity contribution in [2.24, 2.45) is 11.8 Å². The molecule has 4 atom stereocenters. The lowest BCUT2D eigenvalue weighted by molar-refractivity contribution is -0.126. The maximum atomic E-state index is 12.9. The first-order valence-corrected chi connectivity index (χ1v) is 11.4. The van der Waals surface area contributed by atoms with Gasteiger partial charge in [-0.3, -0.25) is 14.7 Å². The Hall–Kier alpha value is -2.20. The highest BCUT2D eigenvalue weighted by Gasteiger charge is 2.47. The zero-order valence-corrected chi connectivity index (χ0v) is 17.5. The number of pyridine rings is 1. The molecule has 1 saturated heterocycles. The molecule has 0 bridgehead atoms. The zero-order chi connectivity index (χ0) is 21.2. The van der Waals surface area contributed by atoms with E-state index in [1.807, 2.05) is 6.92 Å². The number of fused-ring (bicyclic) bond motifs is 1. The summed E-state index contributed by atoms with van der Waals surface area (Å²) in [6.45, 7) is 2.68. The van der Waals surface area contributed by atoms with Crippen molar-refractivity contribution < 1.29 is 23.1 Å². The lowest BCUT2D eigenvalue weighted by Gasteiger charge is -2.28. The van der Waals surface area contributed by atoms with Crippen LogP contribution in [0, 0.1) is 11.8 Å². The van der Waals surface area contributed by atoms with Crippen LogP contribution in [0.25, 0.3) is 0 Å². The smallest absolute Gasteiger partial charge is 0.407 e. The minimum atomic E-state index is -3.61. The second kappa shape index (κ2) is 8.66. The summed E-state index contributed by atoms with van der Waals surface area (Å²) < 4.78 is 27.2. The van der Waals surface area contributed by atoms with Gasteiger partial charge in [-0.2, -0.15) is 4.31 Å². The summed E-state index contributed by atoms with van der Waals surface area (Å²) in [5, 5.41) is 12.2. The van der Waals surface area contributed by atoms with E-state index in [9.17, 15) is 23.1 Å². The second-order valence-electron chi connectivity index (χ2n) is 7.83. The van der Waals surface area contributed by atoms with E-state index in [-0.39, 0.29) is 28.7 Å². The minimum absolute atomic E-state index is 0.0304. The van der Waals surface area contributed by atoms with Gasteiger partial charge in [0, 0.05) is 38.6 Å². The lowest BCUT2D eigenvalue weighted by atomic mass is 9.97. The standard InChI is InChI=1S/C19H28N4O5S/c1-3-5-17(22(2)19(25)26)18(24)21-16-8-7-13-11-23(12-15(13)16)29(27,28)14-6-4-9-20-10-14/h4,6,9-10,13,15-17H,3,5,7-8,11-12H2,1-2H3,(H,21,24)(H,25,26)/t13-,15+,16+,17+/m1/s1. The first kappa shape index (κ1) is 21.5. The van der Waals surface area contributed by atoms with Gasteiger partial charge in [-0.05, 0) is 43.2 Å². The Morgan fingerprint density at radius 3 is 2.76 bits per heavy atom. The molecule has 160 valence electrons. The summed E-state index contributed by atoms with van der Waals surface area (Å²) in [4.78, 5) is 29.2. The Morgan fingerprint density at radius 1 is 1.38 bits per heavy atom. The maximum Gasteiger partial charge on any atom is 0.407 e. The normalized spacial score (nSPS) is 25.4. The molecule has 0 aromatic carbocycles. The highest BCUT2D eigenvalue weighted by molar-refractivity contribution is 7.89. The molecule has 0 radical (unpaired) electrons. The van der Waals surface area contributed by atoms with Crippen LogP contribution in [0.1, 0.15) is 32.6 Å². The average Bonchev–Trinajstić information content (AvgIpc) is 3.28. The summed E-state index contributed by atoms with van der Waals surface area (Å²) in [5.41, 5.74) is 0. The molecule has 0 unspecified atom stereocenters. The van der Waals surface area contributed by atoms with E-state index in [4.69, 9.17) is 0 Å². The van der Waals surface area contributed by atoms with Gasteiger partial charge in [0.1, 0.15) is 10.9 Å². The topological polar surface area (TPSA) is 120 Å². The maximum absolute atomic E-state index is 12.9. The van der Waals surface area contributed by atoms with E-state index in [1.165, 1.54) is 29.8 Å². The molecule has 2 fully saturated rings. The van der Waals surface area contributed by atoms with E-state index in [0.717, 1.165) is 17.7 Å².